The highest BCUT2D eigenvalue weighted by atomic mass is 15.0. The lowest BCUT2D eigenvalue weighted by Crippen LogP contribution is -2.38. The lowest BCUT2D eigenvalue weighted by atomic mass is 9.80. The van der Waals surface area contributed by atoms with E-state index in [0.29, 0.717) is 0 Å². The van der Waals surface area contributed by atoms with Gasteiger partial charge in [-0.1, -0.05) is 6.92 Å². The van der Waals surface area contributed by atoms with Gasteiger partial charge in [0.25, 0.3) is 0 Å². The van der Waals surface area contributed by atoms with Gasteiger partial charge in [0.1, 0.15) is 7.05 Å². The third-order valence-electron chi connectivity index (χ3n) is 8.09. The van der Waals surface area contributed by atoms with E-state index < -0.39 is 0 Å². The minimum Gasteiger partial charge on any atom is -0.198 e. The topological polar surface area (TPSA) is 3.88 Å². The Bertz CT molecular complexity index is 1170. The highest BCUT2D eigenvalue weighted by molar-refractivity contribution is 6.05. The molecule has 0 radical (unpaired) electrons. The number of rotatable bonds is 2. The molecule has 0 saturated heterocycles. The first kappa shape index (κ1) is 21.6. The van der Waals surface area contributed by atoms with E-state index >= 15 is 0 Å². The summed E-state index contributed by atoms with van der Waals surface area (Å²) in [4.78, 5) is 0. The van der Waals surface area contributed by atoms with Crippen LogP contribution in [0.5, 0.6) is 0 Å². The largest absolute Gasteiger partial charge is 0.216 e. The molecule has 1 nitrogen and oxygen atoms in total. The van der Waals surface area contributed by atoms with Gasteiger partial charge < -0.3 is 0 Å². The molecule has 0 bridgehead atoms. The first-order valence-electron chi connectivity index (χ1n) is 11.0. The molecule has 0 unspecified atom stereocenters. The van der Waals surface area contributed by atoms with Crippen molar-refractivity contribution in [2.75, 3.05) is 0 Å². The molecule has 0 amide bonds. The van der Waals surface area contributed by atoms with Gasteiger partial charge >= 0.3 is 0 Å². The SMILES string of the molecule is CCc1c(C)c(C)c(C)[n+](C)c1-c1c(C)c(C)c(C)c2c(C)c(C)c(C)c(C)c12. The van der Waals surface area contributed by atoms with Crippen LogP contribution in [0, 0.1) is 69.2 Å². The maximum absolute atomic E-state index is 2.45. The Morgan fingerprint density at radius 2 is 0.966 bits per heavy atom. The molecule has 0 N–H and O–H groups in total. The number of pyridine rings is 1. The monoisotopic (exact) mass is 388 g/mol. The Hall–Kier alpha value is -2.15. The number of hydrogen-bond acceptors (Lipinski definition) is 0. The molecule has 0 aliphatic rings. The van der Waals surface area contributed by atoms with E-state index in [1.54, 1.807) is 0 Å². The van der Waals surface area contributed by atoms with Gasteiger partial charge in [-0.25, -0.2) is 0 Å². The zero-order valence-electron chi connectivity index (χ0n) is 20.7. The summed E-state index contributed by atoms with van der Waals surface area (Å²) in [6.07, 6.45) is 1.05. The quantitative estimate of drug-likeness (QED) is 0.417. The van der Waals surface area contributed by atoms with E-state index in [1.165, 1.54) is 83.4 Å². The molecule has 0 atom stereocenters. The van der Waals surface area contributed by atoms with Crippen LogP contribution >= 0.6 is 0 Å². The smallest absolute Gasteiger partial charge is 0.198 e. The molecule has 3 aromatic rings. The third kappa shape index (κ3) is 2.85. The van der Waals surface area contributed by atoms with E-state index in [1.807, 2.05) is 0 Å². The highest BCUT2D eigenvalue weighted by Gasteiger charge is 2.29. The molecule has 29 heavy (non-hydrogen) atoms. The summed E-state index contributed by atoms with van der Waals surface area (Å²) < 4.78 is 2.45. The van der Waals surface area contributed by atoms with Crippen LogP contribution in [0.25, 0.3) is 22.0 Å². The van der Waals surface area contributed by atoms with Crippen LogP contribution < -0.4 is 4.57 Å². The second-order valence-corrected chi connectivity index (χ2v) is 9.08. The predicted octanol–water partition coefficient (Wildman–Crippen LogP) is 6.98. The van der Waals surface area contributed by atoms with Gasteiger partial charge in [0, 0.05) is 18.1 Å². The fourth-order valence-electron chi connectivity index (χ4n) is 5.28. The van der Waals surface area contributed by atoms with Crippen molar-refractivity contribution in [1.82, 2.24) is 0 Å². The van der Waals surface area contributed by atoms with Crippen molar-refractivity contribution in [3.05, 3.63) is 61.3 Å². The van der Waals surface area contributed by atoms with Crippen LogP contribution in [0.4, 0.5) is 0 Å². The zero-order chi connectivity index (χ0) is 21.9. The average molecular weight is 389 g/mol. The molecule has 2 aromatic carbocycles. The van der Waals surface area contributed by atoms with Gasteiger partial charge in [0.15, 0.2) is 5.69 Å². The first-order valence-corrected chi connectivity index (χ1v) is 11.0. The number of aryl methyl sites for hydroxylation is 3. The molecule has 1 heterocycles. The highest BCUT2D eigenvalue weighted by Crippen LogP contribution is 2.42. The van der Waals surface area contributed by atoms with Gasteiger partial charge in [-0.3, -0.25) is 0 Å². The molecule has 0 aliphatic heterocycles. The minimum absolute atomic E-state index is 1.05. The Morgan fingerprint density at radius 1 is 0.517 bits per heavy atom. The third-order valence-corrected chi connectivity index (χ3v) is 8.09. The lowest BCUT2D eigenvalue weighted by molar-refractivity contribution is -0.667. The molecule has 0 aliphatic carbocycles. The fourth-order valence-corrected chi connectivity index (χ4v) is 5.28. The van der Waals surface area contributed by atoms with Crippen LogP contribution in [0.3, 0.4) is 0 Å². The van der Waals surface area contributed by atoms with E-state index in [4.69, 9.17) is 0 Å². The molecule has 0 spiro atoms. The molecule has 3 rings (SSSR count). The second-order valence-electron chi connectivity index (χ2n) is 9.08. The Labute approximate surface area is 177 Å². The van der Waals surface area contributed by atoms with Crippen molar-refractivity contribution in [3.63, 3.8) is 0 Å². The zero-order valence-corrected chi connectivity index (χ0v) is 20.7. The van der Waals surface area contributed by atoms with Crippen molar-refractivity contribution >= 4 is 10.8 Å². The average Bonchev–Trinajstić information content (AvgIpc) is 2.70. The van der Waals surface area contributed by atoms with Gasteiger partial charge in [0.05, 0.1) is 5.56 Å². The maximum Gasteiger partial charge on any atom is 0.216 e. The van der Waals surface area contributed by atoms with Crippen LogP contribution in [0.15, 0.2) is 0 Å². The molecular formula is C28H38N+. The molecule has 154 valence electrons. The number of benzene rings is 2. The van der Waals surface area contributed by atoms with Crippen molar-refractivity contribution in [3.8, 4) is 11.3 Å². The standard InChI is InChI=1S/C28H38N/c1-13-24-18(6)17(5)23(11)29(12)28(24)27-22(10)16(4)20(8)25-19(7)14(2)15(3)21(9)26(25)27/h13H2,1-12H3/q+1. The number of fused-ring (bicyclic) bond motifs is 1. The lowest BCUT2D eigenvalue weighted by Gasteiger charge is -2.24. The van der Waals surface area contributed by atoms with Crippen LogP contribution in [0.1, 0.15) is 68.3 Å². The minimum atomic E-state index is 1.05. The second kappa shape index (κ2) is 7.27. The summed E-state index contributed by atoms with van der Waals surface area (Å²) in [5.41, 5.74) is 18.6. The van der Waals surface area contributed by atoms with Crippen molar-refractivity contribution in [2.45, 2.75) is 82.6 Å². The summed E-state index contributed by atoms with van der Waals surface area (Å²) in [7, 11) is 2.25. The van der Waals surface area contributed by atoms with Gasteiger partial charge in [-0.15, -0.1) is 0 Å². The van der Waals surface area contributed by atoms with Crippen molar-refractivity contribution < 1.29 is 4.57 Å². The van der Waals surface area contributed by atoms with Gasteiger partial charge in [-0.05, 0) is 124 Å². The van der Waals surface area contributed by atoms with E-state index in [9.17, 15) is 0 Å². The molecular weight excluding hydrogens is 350 g/mol. The summed E-state index contributed by atoms with van der Waals surface area (Å²) in [6, 6.07) is 0. The van der Waals surface area contributed by atoms with Crippen LogP contribution in [0.2, 0.25) is 0 Å². The molecule has 1 aromatic heterocycles. The normalized spacial score (nSPS) is 11.6. The van der Waals surface area contributed by atoms with Crippen molar-refractivity contribution in [1.29, 1.82) is 0 Å². The summed E-state index contributed by atoms with van der Waals surface area (Å²) >= 11 is 0. The number of nitrogens with zero attached hydrogens (tertiary/aromatic N) is 1. The molecule has 0 saturated carbocycles. The number of aromatic nitrogens is 1. The molecule has 1 heteroatoms. The summed E-state index contributed by atoms with van der Waals surface area (Å²) in [6.45, 7) is 25.3. The van der Waals surface area contributed by atoms with E-state index in [0.717, 1.165) is 6.42 Å². The summed E-state index contributed by atoms with van der Waals surface area (Å²) in [5.74, 6) is 0. The summed E-state index contributed by atoms with van der Waals surface area (Å²) in [5, 5.41) is 2.92. The Morgan fingerprint density at radius 3 is 1.45 bits per heavy atom. The Kier molecular flexibility index (Phi) is 5.41. The van der Waals surface area contributed by atoms with Crippen molar-refractivity contribution in [2.24, 2.45) is 7.05 Å². The maximum atomic E-state index is 2.45. The van der Waals surface area contributed by atoms with Crippen LogP contribution in [-0.2, 0) is 13.5 Å². The first-order chi connectivity index (χ1) is 13.5. The van der Waals surface area contributed by atoms with E-state index in [2.05, 4.69) is 87.8 Å². The van der Waals surface area contributed by atoms with Gasteiger partial charge in [0.2, 0.25) is 5.69 Å². The Balaban J connectivity index is 2.75. The fraction of sp³-hybridized carbons (Fsp3) is 0.464. The van der Waals surface area contributed by atoms with Gasteiger partial charge in [-0.2, -0.15) is 4.57 Å². The molecule has 0 fully saturated rings. The number of hydrogen-bond donors (Lipinski definition) is 0. The predicted molar refractivity (Wildman–Crippen MR) is 127 cm³/mol. The van der Waals surface area contributed by atoms with E-state index in [-0.39, 0.29) is 0 Å². The van der Waals surface area contributed by atoms with Crippen LogP contribution in [-0.4, -0.2) is 0 Å².